The molecule has 6 nitrogen and oxygen atoms in total. The van der Waals surface area contributed by atoms with Crippen LogP contribution in [0.15, 0.2) is 11.2 Å². The summed E-state index contributed by atoms with van der Waals surface area (Å²) in [5.74, 6) is 0.947. The van der Waals surface area contributed by atoms with E-state index in [1.165, 1.54) is 6.20 Å². The average molecular weight is 274 g/mol. The molecule has 18 heavy (non-hydrogen) atoms. The number of sulfonamides is 1. The minimum atomic E-state index is -3.48. The van der Waals surface area contributed by atoms with Crippen LogP contribution in [0.25, 0.3) is 0 Å². The molecule has 1 rings (SSSR count). The highest BCUT2D eigenvalue weighted by molar-refractivity contribution is 7.89. The van der Waals surface area contributed by atoms with Crippen LogP contribution < -0.4 is 10.5 Å². The monoisotopic (exact) mass is 274 g/mol. The van der Waals surface area contributed by atoms with E-state index in [-0.39, 0.29) is 10.9 Å². The van der Waals surface area contributed by atoms with E-state index >= 15 is 0 Å². The third-order valence-electron chi connectivity index (χ3n) is 2.94. The van der Waals surface area contributed by atoms with Crippen LogP contribution in [0.4, 0.5) is 0 Å². The first-order valence-electron chi connectivity index (χ1n) is 6.27. The van der Waals surface area contributed by atoms with Crippen molar-refractivity contribution in [1.29, 1.82) is 0 Å². The van der Waals surface area contributed by atoms with Crippen LogP contribution in [0.3, 0.4) is 0 Å². The minimum absolute atomic E-state index is 0.127. The third-order valence-corrected chi connectivity index (χ3v) is 4.28. The molecule has 0 bridgehead atoms. The molecule has 7 heteroatoms. The number of aromatic nitrogens is 2. The molecule has 0 aliphatic heterocycles. The fourth-order valence-electron chi connectivity index (χ4n) is 1.65. The Morgan fingerprint density at radius 3 is 2.72 bits per heavy atom. The predicted molar refractivity (Wildman–Crippen MR) is 70.6 cm³/mol. The molecule has 1 aromatic rings. The molecule has 1 heterocycles. The van der Waals surface area contributed by atoms with E-state index in [0.717, 1.165) is 12.8 Å². The molecule has 0 aliphatic carbocycles. The summed E-state index contributed by atoms with van der Waals surface area (Å²) in [4.78, 5) is 6.78. The van der Waals surface area contributed by atoms with Crippen molar-refractivity contribution in [2.45, 2.75) is 38.1 Å². The SMILES string of the molecule is CCc1ncc(S(=O)(=O)NCC(CC)CCN)[nH]1. The number of nitrogens with one attached hydrogen (secondary N) is 2. The third kappa shape index (κ3) is 4.08. The molecule has 1 atom stereocenters. The Kier molecular flexibility index (Phi) is 5.77. The number of rotatable bonds is 8. The van der Waals surface area contributed by atoms with Crippen LogP contribution >= 0.6 is 0 Å². The highest BCUT2D eigenvalue weighted by Crippen LogP contribution is 2.09. The maximum atomic E-state index is 12.0. The Balaban J connectivity index is 2.64. The van der Waals surface area contributed by atoms with E-state index in [9.17, 15) is 8.42 Å². The van der Waals surface area contributed by atoms with Gasteiger partial charge in [-0.25, -0.2) is 18.1 Å². The molecule has 0 fully saturated rings. The topological polar surface area (TPSA) is 101 Å². The normalized spacial score (nSPS) is 13.7. The van der Waals surface area contributed by atoms with Gasteiger partial charge in [-0.1, -0.05) is 20.3 Å². The van der Waals surface area contributed by atoms with Crippen LogP contribution in [0.5, 0.6) is 0 Å². The molecule has 0 saturated carbocycles. The van der Waals surface area contributed by atoms with Crippen LogP contribution in [-0.4, -0.2) is 31.5 Å². The first-order chi connectivity index (χ1) is 8.53. The number of nitrogens with two attached hydrogens (primary N) is 1. The number of H-pyrrole nitrogens is 1. The lowest BCUT2D eigenvalue weighted by atomic mass is 10.0. The summed E-state index contributed by atoms with van der Waals surface area (Å²) in [6.45, 7) is 4.93. The zero-order valence-electron chi connectivity index (χ0n) is 10.9. The summed E-state index contributed by atoms with van der Waals surface area (Å²) in [5.41, 5.74) is 5.48. The number of aryl methyl sites for hydroxylation is 1. The van der Waals surface area contributed by atoms with Crippen molar-refractivity contribution < 1.29 is 8.42 Å². The van der Waals surface area contributed by atoms with E-state index in [4.69, 9.17) is 5.73 Å². The van der Waals surface area contributed by atoms with Gasteiger partial charge in [-0.15, -0.1) is 0 Å². The summed E-state index contributed by atoms with van der Waals surface area (Å²) >= 11 is 0. The van der Waals surface area contributed by atoms with Gasteiger partial charge in [0.15, 0.2) is 5.03 Å². The second kappa shape index (κ2) is 6.86. The van der Waals surface area contributed by atoms with Gasteiger partial charge in [0.1, 0.15) is 5.82 Å². The number of imidazole rings is 1. The van der Waals surface area contributed by atoms with Gasteiger partial charge in [-0.2, -0.15) is 0 Å². The van der Waals surface area contributed by atoms with Crippen molar-refractivity contribution in [2.24, 2.45) is 11.7 Å². The molecular weight excluding hydrogens is 252 g/mol. The summed E-state index contributed by atoms with van der Waals surface area (Å²) in [7, 11) is -3.48. The highest BCUT2D eigenvalue weighted by atomic mass is 32.2. The summed E-state index contributed by atoms with van der Waals surface area (Å²) in [5, 5.41) is 0.127. The van der Waals surface area contributed by atoms with E-state index in [1.54, 1.807) is 0 Å². The van der Waals surface area contributed by atoms with Gasteiger partial charge in [0.05, 0.1) is 6.20 Å². The Morgan fingerprint density at radius 1 is 1.50 bits per heavy atom. The Morgan fingerprint density at radius 2 is 2.22 bits per heavy atom. The highest BCUT2D eigenvalue weighted by Gasteiger charge is 2.18. The van der Waals surface area contributed by atoms with Gasteiger partial charge in [-0.3, -0.25) is 0 Å². The molecule has 104 valence electrons. The summed E-state index contributed by atoms with van der Waals surface area (Å²) in [6.07, 6.45) is 3.76. The predicted octanol–water partition coefficient (Wildman–Crippen LogP) is 0.625. The maximum Gasteiger partial charge on any atom is 0.257 e. The van der Waals surface area contributed by atoms with Crippen molar-refractivity contribution in [1.82, 2.24) is 14.7 Å². The van der Waals surface area contributed by atoms with Crippen molar-refractivity contribution in [3.63, 3.8) is 0 Å². The van der Waals surface area contributed by atoms with Crippen LogP contribution in [0.2, 0.25) is 0 Å². The molecule has 1 unspecified atom stereocenters. The largest absolute Gasteiger partial charge is 0.332 e. The lowest BCUT2D eigenvalue weighted by Gasteiger charge is -2.14. The molecule has 0 radical (unpaired) electrons. The van der Waals surface area contributed by atoms with E-state index in [2.05, 4.69) is 14.7 Å². The number of aromatic amines is 1. The van der Waals surface area contributed by atoms with E-state index < -0.39 is 10.0 Å². The molecular formula is C11H22N4O2S. The fraction of sp³-hybridized carbons (Fsp3) is 0.727. The van der Waals surface area contributed by atoms with Crippen molar-refractivity contribution in [2.75, 3.05) is 13.1 Å². The van der Waals surface area contributed by atoms with Gasteiger partial charge in [0, 0.05) is 13.0 Å². The zero-order valence-corrected chi connectivity index (χ0v) is 11.8. The number of hydrogen-bond acceptors (Lipinski definition) is 4. The first-order valence-corrected chi connectivity index (χ1v) is 7.75. The quantitative estimate of drug-likeness (QED) is 0.647. The lowest BCUT2D eigenvalue weighted by Crippen LogP contribution is -2.30. The van der Waals surface area contributed by atoms with Crippen LogP contribution in [0.1, 0.15) is 32.5 Å². The summed E-state index contributed by atoms with van der Waals surface area (Å²) < 4.78 is 26.5. The molecule has 0 saturated heterocycles. The smallest absolute Gasteiger partial charge is 0.257 e. The molecule has 0 aromatic carbocycles. The average Bonchev–Trinajstić information content (AvgIpc) is 2.84. The molecule has 0 spiro atoms. The molecule has 4 N–H and O–H groups in total. The fourth-order valence-corrected chi connectivity index (χ4v) is 2.71. The van der Waals surface area contributed by atoms with Crippen molar-refractivity contribution >= 4 is 10.0 Å². The van der Waals surface area contributed by atoms with Crippen molar-refractivity contribution in [3.8, 4) is 0 Å². The summed E-state index contributed by atoms with van der Waals surface area (Å²) in [6, 6.07) is 0. The van der Waals surface area contributed by atoms with Gasteiger partial charge in [0.2, 0.25) is 0 Å². The first kappa shape index (κ1) is 15.1. The Bertz CT molecular complexity index is 455. The molecule has 0 amide bonds. The van der Waals surface area contributed by atoms with E-state index in [0.29, 0.717) is 25.3 Å². The van der Waals surface area contributed by atoms with Gasteiger partial charge in [-0.05, 0) is 18.9 Å². The Labute approximate surface area is 108 Å². The molecule has 1 aromatic heterocycles. The van der Waals surface area contributed by atoms with Crippen molar-refractivity contribution in [3.05, 3.63) is 12.0 Å². The Hall–Kier alpha value is -0.920. The van der Waals surface area contributed by atoms with E-state index in [1.807, 2.05) is 13.8 Å². The minimum Gasteiger partial charge on any atom is -0.332 e. The number of hydrogen-bond donors (Lipinski definition) is 3. The van der Waals surface area contributed by atoms with Crippen LogP contribution in [-0.2, 0) is 16.4 Å². The van der Waals surface area contributed by atoms with Crippen LogP contribution in [0, 0.1) is 5.92 Å². The second-order valence-electron chi connectivity index (χ2n) is 4.25. The second-order valence-corrected chi connectivity index (χ2v) is 5.99. The van der Waals surface area contributed by atoms with Gasteiger partial charge in [0.25, 0.3) is 10.0 Å². The standard InChI is InChI=1S/C11H22N4O2S/c1-3-9(5-6-12)7-14-18(16,17)11-8-13-10(4-2)15-11/h8-9,14H,3-7,12H2,1-2H3,(H,13,15). The maximum absolute atomic E-state index is 12.0. The zero-order chi connectivity index (χ0) is 13.6. The van der Waals surface area contributed by atoms with Gasteiger partial charge < -0.3 is 10.7 Å². The van der Waals surface area contributed by atoms with Gasteiger partial charge >= 0.3 is 0 Å². The molecule has 0 aliphatic rings. The number of nitrogens with zero attached hydrogens (tertiary/aromatic N) is 1. The lowest BCUT2D eigenvalue weighted by molar-refractivity contribution is 0.465.